The monoisotopic (exact) mass is 265 g/mol. The van der Waals surface area contributed by atoms with E-state index in [1.807, 2.05) is 20.8 Å². The fourth-order valence-corrected chi connectivity index (χ4v) is 2.18. The van der Waals surface area contributed by atoms with Crippen LogP contribution in [0, 0.1) is 20.8 Å². The third kappa shape index (κ3) is 1.99. The fraction of sp³-hybridized carbons (Fsp3) is 0.333. The lowest BCUT2D eigenvalue weighted by Gasteiger charge is -2.26. The lowest BCUT2D eigenvalue weighted by molar-refractivity contribution is -0.118. The summed E-state index contributed by atoms with van der Waals surface area (Å²) in [5, 5.41) is 5.97. The second-order valence-electron chi connectivity index (χ2n) is 4.28. The average Bonchev–Trinajstić information content (AvgIpc) is 2.31. The zero-order chi connectivity index (χ0) is 13.4. The first-order valence-electron chi connectivity index (χ1n) is 5.54. The fourth-order valence-electron chi connectivity index (χ4n) is 2.08. The highest BCUT2D eigenvalue weighted by Gasteiger charge is 2.24. The van der Waals surface area contributed by atoms with Gasteiger partial charge in [-0.15, -0.1) is 0 Å². The van der Waals surface area contributed by atoms with E-state index in [1.165, 1.54) is 0 Å². The SMILES string of the molecule is Cc1c(C)c2c(c(C)c1NC(N)=S)NC(=O)CO2. The van der Waals surface area contributed by atoms with Crippen molar-refractivity contribution in [1.82, 2.24) is 0 Å². The third-order valence-electron chi connectivity index (χ3n) is 3.12. The van der Waals surface area contributed by atoms with Crippen LogP contribution in [-0.2, 0) is 4.79 Å². The van der Waals surface area contributed by atoms with Gasteiger partial charge in [-0.05, 0) is 44.1 Å². The van der Waals surface area contributed by atoms with E-state index in [2.05, 4.69) is 10.6 Å². The molecule has 0 spiro atoms. The van der Waals surface area contributed by atoms with Gasteiger partial charge in [-0.25, -0.2) is 0 Å². The lowest BCUT2D eigenvalue weighted by atomic mass is 9.99. The average molecular weight is 265 g/mol. The molecule has 1 heterocycles. The molecule has 0 aromatic heterocycles. The van der Waals surface area contributed by atoms with E-state index in [1.54, 1.807) is 0 Å². The Morgan fingerprint density at radius 2 is 2.00 bits per heavy atom. The Kier molecular flexibility index (Phi) is 3.13. The molecule has 0 atom stereocenters. The minimum atomic E-state index is -0.157. The molecule has 0 saturated heterocycles. The molecule has 0 radical (unpaired) electrons. The van der Waals surface area contributed by atoms with Crippen LogP contribution in [0.5, 0.6) is 5.75 Å². The van der Waals surface area contributed by atoms with Crippen molar-refractivity contribution in [2.75, 3.05) is 17.2 Å². The Morgan fingerprint density at radius 1 is 1.33 bits per heavy atom. The molecular formula is C12H15N3O2S. The van der Waals surface area contributed by atoms with Gasteiger partial charge < -0.3 is 21.1 Å². The molecule has 1 aromatic carbocycles. The number of thiocarbonyl (C=S) groups is 1. The van der Waals surface area contributed by atoms with Gasteiger partial charge in [-0.3, -0.25) is 4.79 Å². The number of fused-ring (bicyclic) bond motifs is 1. The molecular weight excluding hydrogens is 250 g/mol. The second kappa shape index (κ2) is 4.45. The highest BCUT2D eigenvalue weighted by molar-refractivity contribution is 7.80. The van der Waals surface area contributed by atoms with Gasteiger partial charge in [-0.1, -0.05) is 0 Å². The number of nitrogens with two attached hydrogens (primary N) is 1. The van der Waals surface area contributed by atoms with Gasteiger partial charge in [0.15, 0.2) is 11.7 Å². The number of amides is 1. The van der Waals surface area contributed by atoms with Crippen LogP contribution in [0.3, 0.4) is 0 Å². The predicted octanol–water partition coefficient (Wildman–Crippen LogP) is 1.60. The highest BCUT2D eigenvalue weighted by atomic mass is 32.1. The summed E-state index contributed by atoms with van der Waals surface area (Å²) >= 11 is 4.87. The van der Waals surface area contributed by atoms with Crippen LogP contribution in [0.4, 0.5) is 11.4 Å². The minimum Gasteiger partial charge on any atom is -0.481 e. The number of carbonyl (C=O) groups is 1. The maximum Gasteiger partial charge on any atom is 0.262 e. The van der Waals surface area contributed by atoms with Crippen molar-refractivity contribution in [2.45, 2.75) is 20.8 Å². The van der Waals surface area contributed by atoms with E-state index in [0.717, 1.165) is 28.1 Å². The Morgan fingerprint density at radius 3 is 2.61 bits per heavy atom. The molecule has 1 aromatic rings. The first-order valence-corrected chi connectivity index (χ1v) is 5.95. The van der Waals surface area contributed by atoms with E-state index in [9.17, 15) is 4.79 Å². The van der Waals surface area contributed by atoms with E-state index in [0.29, 0.717) is 5.69 Å². The molecule has 2 rings (SSSR count). The molecule has 4 N–H and O–H groups in total. The molecule has 1 aliphatic heterocycles. The zero-order valence-corrected chi connectivity index (χ0v) is 11.3. The van der Waals surface area contributed by atoms with Crippen LogP contribution in [0.1, 0.15) is 16.7 Å². The molecule has 6 heteroatoms. The van der Waals surface area contributed by atoms with E-state index in [-0.39, 0.29) is 17.6 Å². The third-order valence-corrected chi connectivity index (χ3v) is 3.22. The highest BCUT2D eigenvalue weighted by Crippen LogP contribution is 2.41. The van der Waals surface area contributed by atoms with Gasteiger partial charge in [0.25, 0.3) is 5.91 Å². The maximum atomic E-state index is 11.4. The maximum absolute atomic E-state index is 11.4. The van der Waals surface area contributed by atoms with E-state index >= 15 is 0 Å². The molecule has 0 fully saturated rings. The number of anilines is 2. The van der Waals surface area contributed by atoms with Gasteiger partial charge in [0.05, 0.1) is 5.69 Å². The van der Waals surface area contributed by atoms with Crippen molar-refractivity contribution in [1.29, 1.82) is 0 Å². The molecule has 1 aliphatic rings. The first-order chi connectivity index (χ1) is 8.41. The number of benzene rings is 1. The van der Waals surface area contributed by atoms with Gasteiger partial charge >= 0.3 is 0 Å². The number of carbonyl (C=O) groups excluding carboxylic acids is 1. The number of hydrogen-bond acceptors (Lipinski definition) is 3. The van der Waals surface area contributed by atoms with Crippen LogP contribution in [0.2, 0.25) is 0 Å². The molecule has 0 unspecified atom stereocenters. The number of ether oxygens (including phenoxy) is 1. The van der Waals surface area contributed by atoms with Crippen molar-refractivity contribution in [2.24, 2.45) is 5.73 Å². The van der Waals surface area contributed by atoms with Crippen molar-refractivity contribution < 1.29 is 9.53 Å². The summed E-state index contributed by atoms with van der Waals surface area (Å²) in [6.45, 7) is 5.84. The number of rotatable bonds is 1. The second-order valence-corrected chi connectivity index (χ2v) is 4.72. The van der Waals surface area contributed by atoms with Gasteiger partial charge in [0.2, 0.25) is 0 Å². The molecule has 18 heavy (non-hydrogen) atoms. The van der Waals surface area contributed by atoms with Gasteiger partial charge in [-0.2, -0.15) is 0 Å². The summed E-state index contributed by atoms with van der Waals surface area (Å²) in [6.07, 6.45) is 0. The van der Waals surface area contributed by atoms with Crippen molar-refractivity contribution in [3.05, 3.63) is 16.7 Å². The Bertz CT molecular complexity index is 555. The van der Waals surface area contributed by atoms with Crippen LogP contribution in [0.25, 0.3) is 0 Å². The minimum absolute atomic E-state index is 0.0504. The Labute approximate surface area is 111 Å². The Hall–Kier alpha value is -1.82. The zero-order valence-electron chi connectivity index (χ0n) is 10.5. The quantitative estimate of drug-likeness (QED) is 0.672. The summed E-state index contributed by atoms with van der Waals surface area (Å²) in [7, 11) is 0. The normalized spacial score (nSPS) is 13.4. The number of hydrogen-bond donors (Lipinski definition) is 3. The summed E-state index contributed by atoms with van der Waals surface area (Å²) in [5.74, 6) is 0.563. The van der Waals surface area contributed by atoms with Crippen molar-refractivity contribution in [3.8, 4) is 5.75 Å². The van der Waals surface area contributed by atoms with Crippen molar-refractivity contribution >= 4 is 34.6 Å². The molecule has 96 valence electrons. The van der Waals surface area contributed by atoms with Gasteiger partial charge in [0.1, 0.15) is 5.75 Å². The summed E-state index contributed by atoms with van der Waals surface area (Å²) in [6, 6.07) is 0. The summed E-state index contributed by atoms with van der Waals surface area (Å²) in [4.78, 5) is 11.4. The van der Waals surface area contributed by atoms with Crippen molar-refractivity contribution in [3.63, 3.8) is 0 Å². The molecule has 5 nitrogen and oxygen atoms in total. The van der Waals surface area contributed by atoms with Crippen LogP contribution in [-0.4, -0.2) is 17.6 Å². The summed E-state index contributed by atoms with van der Waals surface area (Å²) < 4.78 is 5.48. The molecule has 0 bridgehead atoms. The van der Waals surface area contributed by atoms with Crippen LogP contribution >= 0.6 is 12.2 Å². The van der Waals surface area contributed by atoms with E-state index < -0.39 is 0 Å². The standard InChI is InChI=1S/C12H15N3O2S/c1-5-6(2)11-10(14-8(16)4-17-11)7(3)9(5)15-12(13)18/h4H2,1-3H3,(H,14,16)(H3,13,15,18). The van der Waals surface area contributed by atoms with E-state index in [4.69, 9.17) is 22.7 Å². The largest absolute Gasteiger partial charge is 0.481 e. The Balaban J connectivity index is 2.63. The van der Waals surface area contributed by atoms with Crippen LogP contribution < -0.4 is 21.1 Å². The summed E-state index contributed by atoms with van der Waals surface area (Å²) in [5.41, 5.74) is 9.87. The van der Waals surface area contributed by atoms with Crippen LogP contribution in [0.15, 0.2) is 0 Å². The molecule has 0 aliphatic carbocycles. The molecule has 0 saturated carbocycles. The number of nitrogens with one attached hydrogen (secondary N) is 2. The first kappa shape index (κ1) is 12.6. The predicted molar refractivity (Wildman–Crippen MR) is 75.2 cm³/mol. The van der Waals surface area contributed by atoms with Gasteiger partial charge in [0, 0.05) is 11.3 Å². The lowest BCUT2D eigenvalue weighted by Crippen LogP contribution is -2.28. The topological polar surface area (TPSA) is 76.4 Å². The molecule has 1 amide bonds. The smallest absolute Gasteiger partial charge is 0.262 e.